The number of anilines is 2. The van der Waals surface area contributed by atoms with Gasteiger partial charge in [-0.15, -0.1) is 0 Å². The molecule has 1 aromatic heterocycles. The Balaban J connectivity index is 2.07. The molecule has 2 aromatic rings. The second kappa shape index (κ2) is 7.49. The lowest BCUT2D eigenvalue weighted by Crippen LogP contribution is -2.24. The maximum atomic E-state index is 12.2. The summed E-state index contributed by atoms with van der Waals surface area (Å²) in [5.41, 5.74) is 1.61. The number of aromatic nitrogens is 2. The lowest BCUT2D eigenvalue weighted by Gasteiger charge is -2.17. The number of ketones is 1. The minimum Gasteiger partial charge on any atom is -0.341 e. The smallest absolute Gasteiger partial charge is 0.258 e. The van der Waals surface area contributed by atoms with Gasteiger partial charge in [0.2, 0.25) is 5.95 Å². The number of nitrogens with one attached hydrogen (secondary N) is 1. The number of nitrogens with zero attached hydrogens (tertiary/aromatic N) is 3. The predicted molar refractivity (Wildman–Crippen MR) is 90.0 cm³/mol. The first-order valence-electron chi connectivity index (χ1n) is 7.54. The average Bonchev–Trinajstić information content (AvgIpc) is 2.57. The van der Waals surface area contributed by atoms with Gasteiger partial charge in [0.15, 0.2) is 5.78 Å². The van der Waals surface area contributed by atoms with E-state index in [9.17, 15) is 9.59 Å². The fourth-order valence-corrected chi connectivity index (χ4v) is 2.10. The largest absolute Gasteiger partial charge is 0.341 e. The van der Waals surface area contributed by atoms with E-state index in [0.29, 0.717) is 22.8 Å². The molecular weight excluding hydrogens is 292 g/mol. The van der Waals surface area contributed by atoms with Crippen LogP contribution in [0.5, 0.6) is 0 Å². The number of benzene rings is 1. The van der Waals surface area contributed by atoms with Crippen LogP contribution in [0.2, 0.25) is 0 Å². The van der Waals surface area contributed by atoms with E-state index in [0.717, 1.165) is 13.1 Å². The highest BCUT2D eigenvalue weighted by Crippen LogP contribution is 2.12. The van der Waals surface area contributed by atoms with E-state index >= 15 is 0 Å². The van der Waals surface area contributed by atoms with Crippen LogP contribution in [0.25, 0.3) is 0 Å². The van der Waals surface area contributed by atoms with Gasteiger partial charge in [0.05, 0.1) is 5.56 Å². The predicted octanol–water partition coefficient (Wildman–Crippen LogP) is 2.78. The average molecular weight is 312 g/mol. The van der Waals surface area contributed by atoms with E-state index in [1.54, 1.807) is 24.3 Å². The Kier molecular flexibility index (Phi) is 5.41. The summed E-state index contributed by atoms with van der Waals surface area (Å²) >= 11 is 0. The van der Waals surface area contributed by atoms with E-state index in [1.807, 2.05) is 18.7 Å². The Labute approximate surface area is 135 Å². The Morgan fingerprint density at radius 2 is 1.57 bits per heavy atom. The molecule has 1 amide bonds. The van der Waals surface area contributed by atoms with Gasteiger partial charge in [-0.05, 0) is 45.0 Å². The Hall–Kier alpha value is -2.76. The lowest BCUT2D eigenvalue weighted by atomic mass is 10.1. The van der Waals surface area contributed by atoms with Gasteiger partial charge >= 0.3 is 0 Å². The summed E-state index contributed by atoms with van der Waals surface area (Å²) in [6, 6.07) is 6.75. The van der Waals surface area contributed by atoms with Crippen LogP contribution in [0.4, 0.5) is 11.6 Å². The van der Waals surface area contributed by atoms with Crippen LogP contribution in [0.15, 0.2) is 36.7 Å². The third-order valence-corrected chi connectivity index (χ3v) is 3.50. The minimum absolute atomic E-state index is 0.0109. The highest BCUT2D eigenvalue weighted by molar-refractivity contribution is 6.04. The summed E-state index contributed by atoms with van der Waals surface area (Å²) in [4.78, 5) is 33.9. The standard InChI is InChI=1S/C17H20N4O2/c1-4-21(5-2)17-18-10-14(11-19-17)16(23)20-15-8-6-13(7-9-15)12(3)22/h6-11H,4-5H2,1-3H3,(H,20,23). The molecule has 1 N–H and O–H groups in total. The van der Waals surface area contributed by atoms with Gasteiger partial charge in [-0.2, -0.15) is 0 Å². The summed E-state index contributed by atoms with van der Waals surface area (Å²) in [6.07, 6.45) is 3.03. The normalized spacial score (nSPS) is 10.2. The molecule has 0 bridgehead atoms. The molecular formula is C17H20N4O2. The van der Waals surface area contributed by atoms with Crippen LogP contribution >= 0.6 is 0 Å². The van der Waals surface area contributed by atoms with Gasteiger partial charge in [-0.1, -0.05) is 0 Å². The summed E-state index contributed by atoms with van der Waals surface area (Å²) in [7, 11) is 0. The molecule has 0 atom stereocenters. The first kappa shape index (κ1) is 16.6. The van der Waals surface area contributed by atoms with Gasteiger partial charge in [-0.25, -0.2) is 9.97 Å². The molecule has 0 aliphatic carbocycles. The molecule has 0 fully saturated rings. The SMILES string of the molecule is CCN(CC)c1ncc(C(=O)Nc2ccc(C(C)=O)cc2)cn1. The third-order valence-electron chi connectivity index (χ3n) is 3.50. The van der Waals surface area contributed by atoms with Crippen molar-refractivity contribution in [1.29, 1.82) is 0 Å². The van der Waals surface area contributed by atoms with Gasteiger partial charge in [-0.3, -0.25) is 9.59 Å². The number of Topliss-reactive ketones (excluding diaryl/α,β-unsaturated/α-hetero) is 1. The van der Waals surface area contributed by atoms with Crippen molar-refractivity contribution in [2.45, 2.75) is 20.8 Å². The summed E-state index contributed by atoms with van der Waals surface area (Å²) in [5, 5.41) is 2.76. The fraction of sp³-hybridized carbons (Fsp3) is 0.294. The van der Waals surface area contributed by atoms with Crippen molar-refractivity contribution in [3.05, 3.63) is 47.8 Å². The zero-order chi connectivity index (χ0) is 16.8. The molecule has 6 heteroatoms. The molecule has 120 valence electrons. The van der Waals surface area contributed by atoms with E-state index in [4.69, 9.17) is 0 Å². The van der Waals surface area contributed by atoms with E-state index in [2.05, 4.69) is 15.3 Å². The quantitative estimate of drug-likeness (QED) is 0.830. The number of carbonyl (C=O) groups excluding carboxylic acids is 2. The van der Waals surface area contributed by atoms with Gasteiger partial charge in [0, 0.05) is 36.7 Å². The third kappa shape index (κ3) is 4.12. The van der Waals surface area contributed by atoms with Crippen LogP contribution < -0.4 is 10.2 Å². The first-order chi connectivity index (χ1) is 11.0. The Bertz CT molecular complexity index is 677. The molecule has 1 aromatic carbocycles. The number of amides is 1. The van der Waals surface area contributed by atoms with Crippen LogP contribution in [0.3, 0.4) is 0 Å². The van der Waals surface area contributed by atoms with Crippen molar-refractivity contribution in [1.82, 2.24) is 9.97 Å². The van der Waals surface area contributed by atoms with Gasteiger partial charge in [0.1, 0.15) is 0 Å². The molecule has 1 heterocycles. The zero-order valence-electron chi connectivity index (χ0n) is 13.5. The lowest BCUT2D eigenvalue weighted by molar-refractivity contribution is 0.101. The number of rotatable bonds is 6. The molecule has 0 saturated heterocycles. The van der Waals surface area contributed by atoms with Crippen molar-refractivity contribution in [2.24, 2.45) is 0 Å². The van der Waals surface area contributed by atoms with Crippen molar-refractivity contribution in [3.63, 3.8) is 0 Å². The Morgan fingerprint density at radius 3 is 2.04 bits per heavy atom. The molecule has 0 saturated carbocycles. The van der Waals surface area contributed by atoms with E-state index in [1.165, 1.54) is 19.3 Å². The van der Waals surface area contributed by atoms with E-state index in [-0.39, 0.29) is 11.7 Å². The van der Waals surface area contributed by atoms with Gasteiger partial charge < -0.3 is 10.2 Å². The first-order valence-corrected chi connectivity index (χ1v) is 7.54. The van der Waals surface area contributed by atoms with Crippen LogP contribution in [-0.4, -0.2) is 34.7 Å². The van der Waals surface area contributed by atoms with Crippen molar-refractivity contribution < 1.29 is 9.59 Å². The zero-order valence-corrected chi connectivity index (χ0v) is 13.5. The Morgan fingerprint density at radius 1 is 1.00 bits per heavy atom. The number of carbonyl (C=O) groups is 2. The summed E-state index contributed by atoms with van der Waals surface area (Å²) < 4.78 is 0. The molecule has 6 nitrogen and oxygen atoms in total. The number of hydrogen-bond acceptors (Lipinski definition) is 5. The second-order valence-electron chi connectivity index (χ2n) is 5.03. The van der Waals surface area contributed by atoms with Crippen molar-refractivity contribution >= 4 is 23.3 Å². The highest BCUT2D eigenvalue weighted by Gasteiger charge is 2.10. The van der Waals surface area contributed by atoms with Crippen LogP contribution in [0.1, 0.15) is 41.5 Å². The maximum absolute atomic E-state index is 12.2. The second-order valence-corrected chi connectivity index (χ2v) is 5.03. The molecule has 0 unspecified atom stereocenters. The molecule has 0 radical (unpaired) electrons. The topological polar surface area (TPSA) is 75.2 Å². The van der Waals surface area contributed by atoms with Crippen LogP contribution in [-0.2, 0) is 0 Å². The molecule has 2 rings (SSSR count). The van der Waals surface area contributed by atoms with E-state index < -0.39 is 0 Å². The molecule has 23 heavy (non-hydrogen) atoms. The summed E-state index contributed by atoms with van der Waals surface area (Å²) in [6.45, 7) is 7.17. The minimum atomic E-state index is -0.285. The number of hydrogen-bond donors (Lipinski definition) is 1. The monoisotopic (exact) mass is 312 g/mol. The molecule has 0 spiro atoms. The summed E-state index contributed by atoms with van der Waals surface area (Å²) in [5.74, 6) is 0.312. The fourth-order valence-electron chi connectivity index (χ4n) is 2.10. The van der Waals surface area contributed by atoms with Crippen molar-refractivity contribution in [2.75, 3.05) is 23.3 Å². The van der Waals surface area contributed by atoms with Crippen molar-refractivity contribution in [3.8, 4) is 0 Å². The van der Waals surface area contributed by atoms with Gasteiger partial charge in [0.25, 0.3) is 5.91 Å². The molecule has 0 aliphatic rings. The maximum Gasteiger partial charge on any atom is 0.258 e. The van der Waals surface area contributed by atoms with Crippen LogP contribution in [0, 0.1) is 0 Å². The highest BCUT2D eigenvalue weighted by atomic mass is 16.1. The molecule has 0 aliphatic heterocycles.